The molecular weight excluding hydrogens is 438 g/mol. The van der Waals surface area contributed by atoms with Crippen LogP contribution in [0.15, 0.2) is 46.7 Å². The van der Waals surface area contributed by atoms with Crippen molar-refractivity contribution in [2.45, 2.75) is 18.7 Å². The molecule has 1 aliphatic rings. The number of aromatic nitrogens is 1. The fraction of sp³-hybridized carbons (Fsp3) is 0.238. The molecule has 0 bridgehead atoms. The number of benzene rings is 2. The molecule has 0 saturated heterocycles. The van der Waals surface area contributed by atoms with Crippen molar-refractivity contribution in [3.05, 3.63) is 47.3 Å². The van der Waals surface area contributed by atoms with Crippen molar-refractivity contribution in [2.24, 2.45) is 0 Å². The number of aryl methyl sites for hydroxylation is 1. The van der Waals surface area contributed by atoms with E-state index in [2.05, 4.69) is 9.71 Å². The molecule has 0 aliphatic carbocycles. The zero-order valence-corrected chi connectivity index (χ0v) is 18.8. The zero-order valence-electron chi connectivity index (χ0n) is 17.2. The Morgan fingerprint density at radius 3 is 2.77 bits per heavy atom. The summed E-state index contributed by atoms with van der Waals surface area (Å²) in [7, 11) is -2.26. The van der Waals surface area contributed by atoms with E-state index in [9.17, 15) is 13.2 Å². The third-order valence-corrected chi connectivity index (χ3v) is 7.14. The molecule has 2 heterocycles. The number of thiazole rings is 1. The first-order chi connectivity index (χ1) is 14.8. The molecule has 8 nitrogen and oxygen atoms in total. The van der Waals surface area contributed by atoms with Crippen LogP contribution in [0.2, 0.25) is 0 Å². The first-order valence-electron chi connectivity index (χ1n) is 9.53. The third-order valence-electron chi connectivity index (χ3n) is 4.92. The highest BCUT2D eigenvalue weighted by Crippen LogP contribution is 2.37. The average Bonchev–Trinajstić information content (AvgIpc) is 3.21. The summed E-state index contributed by atoms with van der Waals surface area (Å²) in [4.78, 5) is 18.3. The first-order valence-corrected chi connectivity index (χ1v) is 11.9. The number of likely N-dealkylation sites (N-methyl/N-ethyl adjacent to an activating group) is 1. The van der Waals surface area contributed by atoms with Gasteiger partial charge in [-0.05, 0) is 55.8 Å². The number of hydrogen-bond donors (Lipinski definition) is 1. The lowest BCUT2D eigenvalue weighted by atomic mass is 10.1. The van der Waals surface area contributed by atoms with Gasteiger partial charge in [0.1, 0.15) is 11.5 Å². The molecule has 0 saturated carbocycles. The summed E-state index contributed by atoms with van der Waals surface area (Å²) in [6, 6.07) is 10.1. The van der Waals surface area contributed by atoms with Crippen LogP contribution in [0.5, 0.6) is 11.5 Å². The van der Waals surface area contributed by atoms with E-state index in [0.29, 0.717) is 29.4 Å². The summed E-state index contributed by atoms with van der Waals surface area (Å²) >= 11 is 1.18. The molecule has 0 atom stereocenters. The Hall–Kier alpha value is -3.11. The van der Waals surface area contributed by atoms with Gasteiger partial charge in [0.05, 0.1) is 23.4 Å². The molecule has 0 unspecified atom stereocenters. The number of hydrogen-bond acceptors (Lipinski definition) is 7. The summed E-state index contributed by atoms with van der Waals surface area (Å²) in [5, 5.41) is 2.02. The molecular formula is C21H21N3O5S2. The van der Waals surface area contributed by atoms with Crippen LogP contribution in [0.25, 0.3) is 11.3 Å². The fourth-order valence-corrected chi connectivity index (χ4v) is 5.41. The number of ether oxygens (including phenoxy) is 2. The van der Waals surface area contributed by atoms with Crippen molar-refractivity contribution >= 4 is 38.1 Å². The largest absolute Gasteiger partial charge is 0.496 e. The molecule has 3 aromatic rings. The summed E-state index contributed by atoms with van der Waals surface area (Å²) in [5.74, 6) is 1.15. The van der Waals surface area contributed by atoms with Crippen LogP contribution in [0.1, 0.15) is 12.5 Å². The van der Waals surface area contributed by atoms with Gasteiger partial charge in [-0.2, -0.15) is 0 Å². The number of methoxy groups -OCH3 is 1. The van der Waals surface area contributed by atoms with E-state index in [1.807, 2.05) is 19.1 Å². The number of nitrogens with one attached hydrogen (secondary N) is 1. The van der Waals surface area contributed by atoms with Crippen LogP contribution in [0.3, 0.4) is 0 Å². The summed E-state index contributed by atoms with van der Waals surface area (Å²) < 4.78 is 38.7. The fourth-order valence-electron chi connectivity index (χ4n) is 3.35. The highest BCUT2D eigenvalue weighted by molar-refractivity contribution is 7.93. The Bertz CT molecular complexity index is 1250. The van der Waals surface area contributed by atoms with Gasteiger partial charge in [-0.3, -0.25) is 9.52 Å². The van der Waals surface area contributed by atoms with Crippen molar-refractivity contribution in [1.29, 1.82) is 0 Å². The highest BCUT2D eigenvalue weighted by atomic mass is 32.2. The maximum atomic E-state index is 12.8. The lowest BCUT2D eigenvalue weighted by Crippen LogP contribution is -2.38. The Morgan fingerprint density at radius 1 is 1.26 bits per heavy atom. The maximum Gasteiger partial charge on any atom is 0.265 e. The zero-order chi connectivity index (χ0) is 22.2. The van der Waals surface area contributed by atoms with Gasteiger partial charge in [0.15, 0.2) is 11.7 Å². The maximum absolute atomic E-state index is 12.8. The lowest BCUT2D eigenvalue weighted by Gasteiger charge is -2.28. The number of amides is 1. The minimum absolute atomic E-state index is 0.0215. The number of carbonyl (C=O) groups excluding carboxylic acids is 1. The number of anilines is 2. The van der Waals surface area contributed by atoms with Gasteiger partial charge >= 0.3 is 0 Å². The monoisotopic (exact) mass is 459 g/mol. The van der Waals surface area contributed by atoms with Crippen molar-refractivity contribution in [1.82, 2.24) is 4.98 Å². The summed E-state index contributed by atoms with van der Waals surface area (Å²) in [5.41, 5.74) is 2.76. The predicted molar refractivity (Wildman–Crippen MR) is 120 cm³/mol. The van der Waals surface area contributed by atoms with E-state index in [1.54, 1.807) is 35.4 Å². The molecule has 0 radical (unpaired) electrons. The van der Waals surface area contributed by atoms with Gasteiger partial charge in [-0.15, -0.1) is 11.3 Å². The van der Waals surface area contributed by atoms with Crippen molar-refractivity contribution in [3.63, 3.8) is 0 Å². The SMILES string of the molecule is CCN1C(=O)COc2ccc(-c3csc(NS(=O)(=O)c4ccc(OC)c(C)c4)n3)cc21. The second kappa shape index (κ2) is 8.20. The molecule has 1 amide bonds. The quantitative estimate of drug-likeness (QED) is 0.604. The molecule has 31 heavy (non-hydrogen) atoms. The van der Waals surface area contributed by atoms with Crippen LogP contribution < -0.4 is 19.1 Å². The number of rotatable bonds is 6. The van der Waals surface area contributed by atoms with Crippen molar-refractivity contribution in [3.8, 4) is 22.8 Å². The summed E-state index contributed by atoms with van der Waals surface area (Å²) in [6.07, 6.45) is 0. The predicted octanol–water partition coefficient (Wildman–Crippen LogP) is 3.67. The van der Waals surface area contributed by atoms with E-state index in [0.717, 1.165) is 11.1 Å². The van der Waals surface area contributed by atoms with E-state index >= 15 is 0 Å². The van der Waals surface area contributed by atoms with Gasteiger partial charge in [0, 0.05) is 17.5 Å². The number of nitrogens with zero attached hydrogens (tertiary/aromatic N) is 2. The Labute approximate surface area is 184 Å². The van der Waals surface area contributed by atoms with Crippen LogP contribution in [-0.2, 0) is 14.8 Å². The van der Waals surface area contributed by atoms with Gasteiger partial charge in [-0.25, -0.2) is 13.4 Å². The normalized spacial score (nSPS) is 13.5. The average molecular weight is 460 g/mol. The van der Waals surface area contributed by atoms with Gasteiger partial charge in [-0.1, -0.05) is 0 Å². The van der Waals surface area contributed by atoms with E-state index in [4.69, 9.17) is 9.47 Å². The first kappa shape index (κ1) is 21.1. The topological polar surface area (TPSA) is 97.8 Å². The minimum atomic E-state index is -3.79. The molecule has 0 spiro atoms. The van der Waals surface area contributed by atoms with Gasteiger partial charge in [0.2, 0.25) is 0 Å². The second-order valence-electron chi connectivity index (χ2n) is 6.88. The molecule has 2 aromatic carbocycles. The molecule has 10 heteroatoms. The molecule has 1 N–H and O–H groups in total. The molecule has 1 aliphatic heterocycles. The molecule has 162 valence electrons. The molecule has 0 fully saturated rings. The lowest BCUT2D eigenvalue weighted by molar-refractivity contribution is -0.121. The van der Waals surface area contributed by atoms with Crippen LogP contribution in [0.4, 0.5) is 10.8 Å². The third kappa shape index (κ3) is 4.08. The number of sulfonamides is 1. The van der Waals surface area contributed by atoms with Crippen LogP contribution >= 0.6 is 11.3 Å². The number of fused-ring (bicyclic) bond motifs is 1. The standard InChI is InChI=1S/C21H21N3O5S2/c1-4-24-17-10-14(5-7-19(17)29-11-20(24)25)16-12-30-21(22-16)23-31(26,27)15-6-8-18(28-3)13(2)9-15/h5-10,12H,4,11H2,1-3H3,(H,22,23). The van der Waals surface area contributed by atoms with Gasteiger partial charge in [0.25, 0.3) is 15.9 Å². The Balaban J connectivity index is 1.60. The van der Waals surface area contributed by atoms with E-state index in [-0.39, 0.29) is 22.5 Å². The minimum Gasteiger partial charge on any atom is -0.496 e. The number of carbonyl (C=O) groups is 1. The van der Waals surface area contributed by atoms with E-state index < -0.39 is 10.0 Å². The van der Waals surface area contributed by atoms with Crippen LogP contribution in [-0.4, -0.2) is 39.6 Å². The van der Waals surface area contributed by atoms with Crippen molar-refractivity contribution in [2.75, 3.05) is 29.9 Å². The molecule has 1 aromatic heterocycles. The molecule has 4 rings (SSSR count). The van der Waals surface area contributed by atoms with Gasteiger partial charge < -0.3 is 14.4 Å². The van der Waals surface area contributed by atoms with Crippen LogP contribution in [0, 0.1) is 6.92 Å². The Morgan fingerprint density at radius 2 is 2.06 bits per heavy atom. The highest BCUT2D eigenvalue weighted by Gasteiger charge is 2.25. The van der Waals surface area contributed by atoms with E-state index in [1.165, 1.54) is 24.5 Å². The smallest absolute Gasteiger partial charge is 0.265 e. The van der Waals surface area contributed by atoms with Crippen molar-refractivity contribution < 1.29 is 22.7 Å². The summed E-state index contributed by atoms with van der Waals surface area (Å²) in [6.45, 7) is 4.23. The second-order valence-corrected chi connectivity index (χ2v) is 9.42. The Kier molecular flexibility index (Phi) is 5.59.